The largest absolute Gasteiger partial charge is 0.493 e. The minimum atomic E-state index is -4.42. The Bertz CT molecular complexity index is 831. The number of alkyl halides is 3. The number of aromatic nitrogens is 1. The Labute approximate surface area is 177 Å². The molecule has 0 atom stereocenters. The number of aliphatic imine (C=N–C) groups is 1. The van der Waals surface area contributed by atoms with Crippen LogP contribution >= 0.6 is 11.3 Å². The number of nitrogens with zero attached hydrogens (tertiary/aromatic N) is 2. The van der Waals surface area contributed by atoms with Gasteiger partial charge in [-0.3, -0.25) is 0 Å². The van der Waals surface area contributed by atoms with E-state index in [0.29, 0.717) is 54.3 Å². The average molecular weight is 446 g/mol. The Morgan fingerprint density at radius 3 is 2.27 bits per heavy atom. The van der Waals surface area contributed by atoms with Gasteiger partial charge in [0.05, 0.1) is 32.9 Å². The van der Waals surface area contributed by atoms with Crippen LogP contribution in [-0.4, -0.2) is 45.4 Å². The van der Waals surface area contributed by atoms with Gasteiger partial charge in [0.2, 0.25) is 5.75 Å². The summed E-state index contributed by atoms with van der Waals surface area (Å²) in [5, 5.41) is 7.65. The van der Waals surface area contributed by atoms with Crippen molar-refractivity contribution in [3.63, 3.8) is 0 Å². The maximum atomic E-state index is 12.6. The van der Waals surface area contributed by atoms with Crippen molar-refractivity contribution in [2.24, 2.45) is 4.99 Å². The van der Waals surface area contributed by atoms with Gasteiger partial charge >= 0.3 is 6.18 Å². The number of hydrogen-bond acceptors (Lipinski definition) is 6. The predicted octanol–water partition coefficient (Wildman–Crippen LogP) is 3.49. The molecular formula is C19H25F3N4O3S. The van der Waals surface area contributed by atoms with E-state index in [-0.39, 0.29) is 0 Å². The minimum Gasteiger partial charge on any atom is -0.493 e. The second kappa shape index (κ2) is 10.9. The van der Waals surface area contributed by atoms with E-state index in [1.165, 1.54) is 7.11 Å². The van der Waals surface area contributed by atoms with E-state index in [9.17, 15) is 13.2 Å². The van der Waals surface area contributed by atoms with Gasteiger partial charge in [-0.2, -0.15) is 13.2 Å². The van der Waals surface area contributed by atoms with Gasteiger partial charge in [0.25, 0.3) is 0 Å². The number of hydrogen-bond donors (Lipinski definition) is 2. The number of guanidine groups is 1. The van der Waals surface area contributed by atoms with Gasteiger partial charge in [0, 0.05) is 24.9 Å². The molecule has 1 heterocycles. The lowest BCUT2D eigenvalue weighted by Crippen LogP contribution is -2.38. The molecule has 1 aromatic heterocycles. The van der Waals surface area contributed by atoms with Crippen molar-refractivity contribution < 1.29 is 27.4 Å². The van der Waals surface area contributed by atoms with Crippen LogP contribution in [-0.2, 0) is 19.1 Å². The first kappa shape index (κ1) is 23.6. The maximum Gasteiger partial charge on any atom is 0.434 e. The van der Waals surface area contributed by atoms with Gasteiger partial charge in [0.1, 0.15) is 0 Å². The molecule has 0 unspecified atom stereocenters. The zero-order valence-electron chi connectivity index (χ0n) is 17.2. The summed E-state index contributed by atoms with van der Waals surface area (Å²) >= 11 is 0.992. The van der Waals surface area contributed by atoms with E-state index in [4.69, 9.17) is 14.2 Å². The molecule has 2 aromatic rings. The zero-order valence-corrected chi connectivity index (χ0v) is 18.0. The molecule has 0 aliphatic carbocycles. The molecule has 11 heteroatoms. The first-order chi connectivity index (χ1) is 14.3. The average Bonchev–Trinajstić information content (AvgIpc) is 3.20. The Morgan fingerprint density at radius 2 is 1.77 bits per heavy atom. The van der Waals surface area contributed by atoms with Crippen LogP contribution in [0.25, 0.3) is 0 Å². The van der Waals surface area contributed by atoms with E-state index < -0.39 is 11.9 Å². The topological polar surface area (TPSA) is 77.0 Å². The molecule has 0 aliphatic heterocycles. The summed E-state index contributed by atoms with van der Waals surface area (Å²) in [6.45, 7) is 3.29. The summed E-state index contributed by atoms with van der Waals surface area (Å²) in [6.07, 6.45) is -4.06. The van der Waals surface area contributed by atoms with Crippen LogP contribution in [0.15, 0.2) is 22.5 Å². The normalized spacial score (nSPS) is 11.9. The van der Waals surface area contributed by atoms with Crippen molar-refractivity contribution in [3.05, 3.63) is 33.8 Å². The van der Waals surface area contributed by atoms with Crippen molar-refractivity contribution in [1.29, 1.82) is 0 Å². The van der Waals surface area contributed by atoms with Crippen LogP contribution < -0.4 is 24.8 Å². The first-order valence-corrected chi connectivity index (χ1v) is 10.0. The van der Waals surface area contributed by atoms with E-state index in [1.54, 1.807) is 14.2 Å². The fourth-order valence-electron chi connectivity index (χ4n) is 2.58. The molecule has 7 nitrogen and oxygen atoms in total. The summed E-state index contributed by atoms with van der Waals surface area (Å²) in [5.74, 6) is 2.10. The molecule has 0 bridgehead atoms. The molecule has 30 heavy (non-hydrogen) atoms. The van der Waals surface area contributed by atoms with Gasteiger partial charge < -0.3 is 24.8 Å². The van der Waals surface area contributed by atoms with Gasteiger partial charge in [-0.1, -0.05) is 0 Å². The molecule has 0 aliphatic rings. The fourth-order valence-corrected chi connectivity index (χ4v) is 3.39. The third-order valence-electron chi connectivity index (χ3n) is 3.96. The number of benzene rings is 1. The van der Waals surface area contributed by atoms with Crippen molar-refractivity contribution in [2.45, 2.75) is 26.1 Å². The lowest BCUT2D eigenvalue weighted by Gasteiger charge is -2.14. The highest BCUT2D eigenvalue weighted by Gasteiger charge is 2.33. The Balaban J connectivity index is 2.03. The van der Waals surface area contributed by atoms with Crippen LogP contribution in [0.4, 0.5) is 13.2 Å². The number of rotatable bonds is 9. The number of halogens is 3. The maximum absolute atomic E-state index is 12.6. The minimum absolute atomic E-state index is 0.335. The van der Waals surface area contributed by atoms with E-state index in [1.807, 2.05) is 19.1 Å². The molecule has 0 radical (unpaired) electrons. The highest BCUT2D eigenvalue weighted by Crippen LogP contribution is 2.38. The second-order valence-electron chi connectivity index (χ2n) is 6.03. The van der Waals surface area contributed by atoms with Crippen LogP contribution in [0.5, 0.6) is 17.2 Å². The lowest BCUT2D eigenvalue weighted by molar-refractivity contribution is -0.140. The highest BCUT2D eigenvalue weighted by atomic mass is 32.1. The van der Waals surface area contributed by atoms with Crippen molar-refractivity contribution in [3.8, 4) is 17.2 Å². The smallest absolute Gasteiger partial charge is 0.434 e. The third-order valence-corrected chi connectivity index (χ3v) is 4.87. The fraction of sp³-hybridized carbons (Fsp3) is 0.474. The third kappa shape index (κ3) is 6.41. The molecule has 0 amide bonds. The van der Waals surface area contributed by atoms with Crippen LogP contribution in [0, 0.1) is 0 Å². The standard InChI is InChI=1S/C19H25F3N4O3S/c1-5-23-18(24-7-6-16-26-15(11-30-16)19(20,21)22)25-10-12-8-13(27-2)17(29-4)14(9-12)28-3/h8-9,11H,5-7,10H2,1-4H3,(H2,23,24,25). The van der Waals surface area contributed by atoms with Crippen molar-refractivity contribution >= 4 is 17.3 Å². The Kier molecular flexibility index (Phi) is 8.58. The number of methoxy groups -OCH3 is 3. The molecule has 0 spiro atoms. The van der Waals surface area contributed by atoms with Gasteiger partial charge in [-0.15, -0.1) is 11.3 Å². The summed E-state index contributed by atoms with van der Waals surface area (Å²) in [4.78, 5) is 8.14. The molecule has 2 rings (SSSR count). The summed E-state index contributed by atoms with van der Waals surface area (Å²) < 4.78 is 53.9. The Hall–Kier alpha value is -2.69. The van der Waals surface area contributed by atoms with Gasteiger partial charge in [0.15, 0.2) is 23.2 Å². The van der Waals surface area contributed by atoms with E-state index >= 15 is 0 Å². The van der Waals surface area contributed by atoms with Crippen LogP contribution in [0.2, 0.25) is 0 Å². The van der Waals surface area contributed by atoms with E-state index in [0.717, 1.165) is 22.3 Å². The zero-order chi connectivity index (χ0) is 22.1. The molecule has 0 saturated carbocycles. The monoisotopic (exact) mass is 446 g/mol. The SMILES string of the molecule is CCNC(=NCc1cc(OC)c(OC)c(OC)c1)NCCc1nc(C(F)(F)F)cs1. The number of ether oxygens (including phenoxy) is 3. The molecule has 0 fully saturated rings. The van der Waals surface area contributed by atoms with Crippen LogP contribution in [0.3, 0.4) is 0 Å². The quantitative estimate of drug-likeness (QED) is 0.454. The number of thiazole rings is 1. The van der Waals surface area contributed by atoms with Crippen molar-refractivity contribution in [2.75, 3.05) is 34.4 Å². The summed E-state index contributed by atoms with van der Waals surface area (Å²) in [5.41, 5.74) is -0.0121. The molecule has 166 valence electrons. The van der Waals surface area contributed by atoms with Gasteiger partial charge in [-0.25, -0.2) is 9.98 Å². The molecule has 0 saturated heterocycles. The van der Waals surface area contributed by atoms with Gasteiger partial charge in [-0.05, 0) is 24.6 Å². The summed E-state index contributed by atoms with van der Waals surface area (Å²) in [6, 6.07) is 3.62. The molecule has 2 N–H and O–H groups in total. The Morgan fingerprint density at radius 1 is 1.10 bits per heavy atom. The second-order valence-corrected chi connectivity index (χ2v) is 6.97. The first-order valence-electron chi connectivity index (χ1n) is 9.15. The summed E-state index contributed by atoms with van der Waals surface area (Å²) in [7, 11) is 4.61. The lowest BCUT2D eigenvalue weighted by atomic mass is 10.2. The number of nitrogens with one attached hydrogen (secondary N) is 2. The molecular weight excluding hydrogens is 421 g/mol. The van der Waals surface area contributed by atoms with Crippen molar-refractivity contribution in [1.82, 2.24) is 15.6 Å². The molecule has 1 aromatic carbocycles. The highest BCUT2D eigenvalue weighted by molar-refractivity contribution is 7.09. The van der Waals surface area contributed by atoms with E-state index in [2.05, 4.69) is 20.6 Å². The van der Waals surface area contributed by atoms with Crippen LogP contribution in [0.1, 0.15) is 23.2 Å². The predicted molar refractivity (Wildman–Crippen MR) is 110 cm³/mol.